The summed E-state index contributed by atoms with van der Waals surface area (Å²) in [6.45, 7) is 4.11. The summed E-state index contributed by atoms with van der Waals surface area (Å²) in [7, 11) is 1.87. The minimum atomic E-state index is -0.160. The lowest BCUT2D eigenvalue weighted by Gasteiger charge is -2.19. The summed E-state index contributed by atoms with van der Waals surface area (Å²) in [4.78, 5) is 0. The van der Waals surface area contributed by atoms with E-state index in [-0.39, 0.29) is 11.9 Å². The molecule has 2 heteroatoms. The van der Waals surface area contributed by atoms with Crippen LogP contribution < -0.4 is 5.32 Å². The molecule has 0 bridgehead atoms. The van der Waals surface area contributed by atoms with Crippen LogP contribution in [0.5, 0.6) is 0 Å². The summed E-state index contributed by atoms with van der Waals surface area (Å²) in [6.07, 6.45) is 0.987. The molecular formula is C17H20FN. The Balaban J connectivity index is 2.46. The molecule has 0 spiro atoms. The highest BCUT2D eigenvalue weighted by Crippen LogP contribution is 2.25. The molecule has 100 valence electrons. The fourth-order valence-electron chi connectivity index (χ4n) is 2.38. The molecule has 0 aliphatic rings. The van der Waals surface area contributed by atoms with Gasteiger partial charge in [0, 0.05) is 5.56 Å². The first-order chi connectivity index (χ1) is 9.15. The third-order valence-corrected chi connectivity index (χ3v) is 3.44. The molecule has 2 aromatic rings. The van der Waals surface area contributed by atoms with Gasteiger partial charge in [0.05, 0.1) is 6.04 Å². The Morgan fingerprint density at radius 3 is 2.63 bits per heavy atom. The maximum absolute atomic E-state index is 14.0. The summed E-state index contributed by atoms with van der Waals surface area (Å²) < 4.78 is 14.0. The monoisotopic (exact) mass is 257 g/mol. The molecule has 0 aliphatic carbocycles. The van der Waals surface area contributed by atoms with E-state index < -0.39 is 0 Å². The molecular weight excluding hydrogens is 237 g/mol. The minimum absolute atomic E-state index is 0.105. The van der Waals surface area contributed by atoms with E-state index in [0.717, 1.165) is 17.5 Å². The highest BCUT2D eigenvalue weighted by atomic mass is 19.1. The highest BCUT2D eigenvalue weighted by molar-refractivity contribution is 5.36. The van der Waals surface area contributed by atoms with Crippen LogP contribution in [0.3, 0.4) is 0 Å². The van der Waals surface area contributed by atoms with Crippen molar-refractivity contribution in [3.63, 3.8) is 0 Å². The fourth-order valence-corrected chi connectivity index (χ4v) is 2.38. The van der Waals surface area contributed by atoms with Crippen LogP contribution in [-0.2, 0) is 6.42 Å². The molecule has 0 saturated carbocycles. The summed E-state index contributed by atoms with van der Waals surface area (Å²) >= 11 is 0. The van der Waals surface area contributed by atoms with Crippen molar-refractivity contribution in [3.8, 4) is 0 Å². The lowest BCUT2D eigenvalue weighted by atomic mass is 9.95. The molecule has 1 nitrogen and oxygen atoms in total. The van der Waals surface area contributed by atoms with Crippen LogP contribution >= 0.6 is 0 Å². The second-order valence-electron chi connectivity index (χ2n) is 4.85. The molecule has 0 aliphatic heterocycles. The van der Waals surface area contributed by atoms with E-state index in [1.54, 1.807) is 12.1 Å². The Labute approximate surface area is 114 Å². The van der Waals surface area contributed by atoms with Gasteiger partial charge in [0.15, 0.2) is 0 Å². The molecule has 1 N–H and O–H groups in total. The molecule has 0 fully saturated rings. The van der Waals surface area contributed by atoms with E-state index in [1.807, 2.05) is 32.2 Å². The van der Waals surface area contributed by atoms with Gasteiger partial charge in [-0.1, -0.05) is 48.9 Å². The summed E-state index contributed by atoms with van der Waals surface area (Å²) in [5, 5.41) is 3.21. The Hall–Kier alpha value is -1.67. The lowest BCUT2D eigenvalue weighted by Crippen LogP contribution is -2.19. The van der Waals surface area contributed by atoms with Gasteiger partial charge in [0.1, 0.15) is 5.82 Å². The van der Waals surface area contributed by atoms with Gasteiger partial charge in [0.2, 0.25) is 0 Å². The molecule has 2 aromatic carbocycles. The van der Waals surface area contributed by atoms with Crippen molar-refractivity contribution in [2.24, 2.45) is 0 Å². The first-order valence-electron chi connectivity index (χ1n) is 6.68. The quantitative estimate of drug-likeness (QED) is 0.872. The first-order valence-corrected chi connectivity index (χ1v) is 6.68. The largest absolute Gasteiger partial charge is 0.309 e. The summed E-state index contributed by atoms with van der Waals surface area (Å²) in [5.74, 6) is -0.160. The standard InChI is InChI=1S/C17H20FN/c1-4-13-6-5-7-14(11-13)17(19-3)15-10-12(2)8-9-16(15)18/h5-11,17,19H,4H2,1-3H3. The van der Waals surface area contributed by atoms with Crippen molar-refractivity contribution in [1.29, 1.82) is 0 Å². The van der Waals surface area contributed by atoms with Crippen LogP contribution in [0.1, 0.15) is 35.2 Å². The summed E-state index contributed by atoms with van der Waals surface area (Å²) in [5.41, 5.74) is 4.15. The predicted octanol–water partition coefficient (Wildman–Crippen LogP) is 4.01. The van der Waals surface area contributed by atoms with Crippen molar-refractivity contribution >= 4 is 0 Å². The van der Waals surface area contributed by atoms with E-state index in [2.05, 4.69) is 24.4 Å². The van der Waals surface area contributed by atoms with E-state index in [0.29, 0.717) is 5.56 Å². The van der Waals surface area contributed by atoms with Crippen LogP contribution in [0.15, 0.2) is 42.5 Å². The molecule has 1 atom stereocenters. The number of rotatable bonds is 4. The van der Waals surface area contributed by atoms with Gasteiger partial charge >= 0.3 is 0 Å². The molecule has 0 heterocycles. The van der Waals surface area contributed by atoms with Crippen LogP contribution in [0.25, 0.3) is 0 Å². The van der Waals surface area contributed by atoms with Gasteiger partial charge in [-0.25, -0.2) is 4.39 Å². The zero-order valence-corrected chi connectivity index (χ0v) is 11.7. The van der Waals surface area contributed by atoms with Crippen LogP contribution in [0.4, 0.5) is 4.39 Å². The maximum atomic E-state index is 14.0. The molecule has 0 saturated heterocycles. The Morgan fingerprint density at radius 1 is 1.16 bits per heavy atom. The van der Waals surface area contributed by atoms with Gasteiger partial charge in [-0.15, -0.1) is 0 Å². The van der Waals surface area contributed by atoms with Gasteiger partial charge in [0.25, 0.3) is 0 Å². The third kappa shape index (κ3) is 3.02. The van der Waals surface area contributed by atoms with Crippen molar-refractivity contribution in [2.75, 3.05) is 7.05 Å². The van der Waals surface area contributed by atoms with Crippen molar-refractivity contribution in [1.82, 2.24) is 5.32 Å². The van der Waals surface area contributed by atoms with Gasteiger partial charge in [-0.2, -0.15) is 0 Å². The second-order valence-corrected chi connectivity index (χ2v) is 4.85. The normalized spacial score (nSPS) is 12.4. The van der Waals surface area contributed by atoms with Crippen molar-refractivity contribution in [3.05, 3.63) is 70.5 Å². The number of halogens is 1. The maximum Gasteiger partial charge on any atom is 0.128 e. The Bertz CT molecular complexity index is 563. The fraction of sp³-hybridized carbons (Fsp3) is 0.294. The second kappa shape index (κ2) is 5.98. The smallest absolute Gasteiger partial charge is 0.128 e. The van der Waals surface area contributed by atoms with Crippen molar-refractivity contribution < 1.29 is 4.39 Å². The van der Waals surface area contributed by atoms with E-state index in [1.165, 1.54) is 5.56 Å². The Morgan fingerprint density at radius 2 is 1.95 bits per heavy atom. The predicted molar refractivity (Wildman–Crippen MR) is 77.9 cm³/mol. The van der Waals surface area contributed by atoms with Gasteiger partial charge in [-0.05, 0) is 37.6 Å². The Kier molecular flexibility index (Phi) is 4.33. The van der Waals surface area contributed by atoms with E-state index >= 15 is 0 Å². The highest BCUT2D eigenvalue weighted by Gasteiger charge is 2.16. The average Bonchev–Trinajstić information content (AvgIpc) is 2.44. The molecule has 0 radical (unpaired) electrons. The van der Waals surface area contributed by atoms with Crippen molar-refractivity contribution in [2.45, 2.75) is 26.3 Å². The average molecular weight is 257 g/mol. The molecule has 19 heavy (non-hydrogen) atoms. The van der Waals surface area contributed by atoms with Crippen LogP contribution in [-0.4, -0.2) is 7.05 Å². The number of nitrogens with one attached hydrogen (secondary N) is 1. The molecule has 0 aromatic heterocycles. The molecule has 2 rings (SSSR count). The van der Waals surface area contributed by atoms with Gasteiger partial charge < -0.3 is 5.32 Å². The van der Waals surface area contributed by atoms with E-state index in [4.69, 9.17) is 0 Å². The topological polar surface area (TPSA) is 12.0 Å². The zero-order valence-electron chi connectivity index (χ0n) is 11.7. The molecule has 1 unspecified atom stereocenters. The number of hydrogen-bond donors (Lipinski definition) is 1. The van der Waals surface area contributed by atoms with Crippen LogP contribution in [0.2, 0.25) is 0 Å². The lowest BCUT2D eigenvalue weighted by molar-refractivity contribution is 0.575. The zero-order chi connectivity index (χ0) is 13.8. The third-order valence-electron chi connectivity index (χ3n) is 3.44. The van der Waals surface area contributed by atoms with Gasteiger partial charge in [-0.3, -0.25) is 0 Å². The van der Waals surface area contributed by atoms with E-state index in [9.17, 15) is 4.39 Å². The van der Waals surface area contributed by atoms with Crippen LogP contribution in [0, 0.1) is 12.7 Å². The number of hydrogen-bond acceptors (Lipinski definition) is 1. The minimum Gasteiger partial charge on any atom is -0.309 e. The first kappa shape index (κ1) is 13.8. The summed E-state index contributed by atoms with van der Waals surface area (Å²) in [6, 6.07) is 13.5. The molecule has 0 amide bonds. The number of benzene rings is 2. The number of aryl methyl sites for hydroxylation is 2. The SMILES string of the molecule is CCc1cccc(C(NC)c2cc(C)ccc2F)c1.